The Morgan fingerprint density at radius 3 is 2.57 bits per heavy atom. The van der Waals surface area contributed by atoms with Crippen molar-refractivity contribution in [2.24, 2.45) is 13.0 Å². The Kier molecular flexibility index (Phi) is 4.31. The van der Waals surface area contributed by atoms with E-state index in [2.05, 4.69) is 5.32 Å². The zero-order valence-electron chi connectivity index (χ0n) is 12.5. The van der Waals surface area contributed by atoms with E-state index in [1.165, 1.54) is 0 Å². The molecule has 2 N–H and O–H groups in total. The van der Waals surface area contributed by atoms with Crippen molar-refractivity contribution in [3.8, 4) is 0 Å². The van der Waals surface area contributed by atoms with Gasteiger partial charge in [-0.15, -0.1) is 0 Å². The molecule has 5 heteroatoms. The molecule has 1 aromatic heterocycles. The molecule has 1 heterocycles. The lowest BCUT2D eigenvalue weighted by molar-refractivity contribution is -0.143. The van der Waals surface area contributed by atoms with E-state index in [0.717, 1.165) is 16.5 Å². The van der Waals surface area contributed by atoms with Crippen LogP contribution < -0.4 is 5.32 Å². The summed E-state index contributed by atoms with van der Waals surface area (Å²) in [6, 6.07) is 6.98. The zero-order valence-corrected chi connectivity index (χ0v) is 12.5. The van der Waals surface area contributed by atoms with Gasteiger partial charge < -0.3 is 15.0 Å². The van der Waals surface area contributed by atoms with Crippen LogP contribution in [0.3, 0.4) is 0 Å². The molecule has 0 aliphatic rings. The largest absolute Gasteiger partial charge is 0.480 e. The van der Waals surface area contributed by atoms with Crippen LogP contribution in [0.1, 0.15) is 19.4 Å². The molecular formula is C16H20N2O3. The molecule has 21 heavy (non-hydrogen) atoms. The second-order valence-corrected chi connectivity index (χ2v) is 5.59. The van der Waals surface area contributed by atoms with Crippen LogP contribution in [0.4, 0.5) is 0 Å². The molecule has 1 aromatic carbocycles. The Balaban J connectivity index is 2.17. The van der Waals surface area contributed by atoms with Crippen LogP contribution >= 0.6 is 0 Å². The van der Waals surface area contributed by atoms with Crippen LogP contribution in [0.5, 0.6) is 0 Å². The Morgan fingerprint density at radius 1 is 1.29 bits per heavy atom. The first-order valence-corrected chi connectivity index (χ1v) is 6.95. The smallest absolute Gasteiger partial charge is 0.326 e. The van der Waals surface area contributed by atoms with Crippen LogP contribution in [0.15, 0.2) is 30.5 Å². The number of hydrogen-bond donors (Lipinski definition) is 2. The summed E-state index contributed by atoms with van der Waals surface area (Å²) in [5, 5.41) is 12.7. The quantitative estimate of drug-likeness (QED) is 0.883. The molecule has 112 valence electrons. The average molecular weight is 288 g/mol. The fourth-order valence-electron chi connectivity index (χ4n) is 2.48. The van der Waals surface area contributed by atoms with E-state index < -0.39 is 12.0 Å². The van der Waals surface area contributed by atoms with Crippen LogP contribution in [0.2, 0.25) is 0 Å². The first-order chi connectivity index (χ1) is 9.90. The van der Waals surface area contributed by atoms with Gasteiger partial charge in [0.2, 0.25) is 5.91 Å². The molecule has 2 aromatic rings. The van der Waals surface area contributed by atoms with Crippen molar-refractivity contribution in [1.82, 2.24) is 9.88 Å². The summed E-state index contributed by atoms with van der Waals surface area (Å²) in [6.07, 6.45) is 2.09. The summed E-state index contributed by atoms with van der Waals surface area (Å²) in [5.74, 6) is -1.43. The number of nitrogens with one attached hydrogen (secondary N) is 1. The molecule has 0 aliphatic heterocycles. The number of amides is 1. The lowest BCUT2D eigenvalue weighted by atomic mass is 10.0. The highest BCUT2D eigenvalue weighted by Gasteiger charge is 2.23. The number of carbonyl (C=O) groups excluding carboxylic acids is 1. The van der Waals surface area contributed by atoms with Gasteiger partial charge in [0, 0.05) is 24.1 Å². The van der Waals surface area contributed by atoms with E-state index in [0.29, 0.717) is 0 Å². The summed E-state index contributed by atoms with van der Waals surface area (Å²) >= 11 is 0. The summed E-state index contributed by atoms with van der Waals surface area (Å²) in [6.45, 7) is 3.55. The molecule has 2 rings (SSSR count). The number of benzene rings is 1. The third-order valence-electron chi connectivity index (χ3n) is 3.58. The topological polar surface area (TPSA) is 71.3 Å². The highest BCUT2D eigenvalue weighted by atomic mass is 16.4. The number of nitrogens with zero attached hydrogens (tertiary/aromatic N) is 1. The number of para-hydroxylation sites is 1. The molecule has 0 spiro atoms. The molecule has 1 amide bonds. The van der Waals surface area contributed by atoms with Crippen LogP contribution in [-0.2, 0) is 23.1 Å². The number of carboxylic acid groups (broad SMARTS) is 1. The Labute approximate surface area is 123 Å². The van der Waals surface area contributed by atoms with E-state index in [1.54, 1.807) is 13.8 Å². The minimum atomic E-state index is -1.00. The number of aryl methyl sites for hydroxylation is 1. The number of hydrogen-bond acceptors (Lipinski definition) is 2. The van der Waals surface area contributed by atoms with Crippen molar-refractivity contribution in [3.63, 3.8) is 0 Å². The molecule has 1 atom stereocenters. The molecule has 0 fully saturated rings. The standard InChI is InChI=1S/C16H20N2O3/c1-10(2)15(16(20)21)17-14(19)8-11-9-18(3)13-7-5-4-6-12(11)13/h4-7,9-10,15H,8H2,1-3H3,(H,17,19)(H,20,21). The van der Waals surface area contributed by atoms with E-state index >= 15 is 0 Å². The van der Waals surface area contributed by atoms with Crippen molar-refractivity contribution in [2.75, 3.05) is 0 Å². The van der Waals surface area contributed by atoms with Gasteiger partial charge in [-0.25, -0.2) is 4.79 Å². The highest BCUT2D eigenvalue weighted by molar-refractivity contribution is 5.91. The van der Waals surface area contributed by atoms with Gasteiger partial charge in [0.25, 0.3) is 0 Å². The third kappa shape index (κ3) is 3.24. The van der Waals surface area contributed by atoms with Gasteiger partial charge in [-0.1, -0.05) is 32.0 Å². The molecule has 0 aliphatic carbocycles. The molecule has 1 unspecified atom stereocenters. The van der Waals surface area contributed by atoms with E-state index in [1.807, 2.05) is 42.1 Å². The maximum Gasteiger partial charge on any atom is 0.326 e. The summed E-state index contributed by atoms with van der Waals surface area (Å²) < 4.78 is 1.97. The van der Waals surface area contributed by atoms with Gasteiger partial charge in [0.15, 0.2) is 0 Å². The highest BCUT2D eigenvalue weighted by Crippen LogP contribution is 2.20. The monoisotopic (exact) mass is 288 g/mol. The molecule has 0 saturated carbocycles. The van der Waals surface area contributed by atoms with E-state index in [-0.39, 0.29) is 18.2 Å². The van der Waals surface area contributed by atoms with Crippen molar-refractivity contribution in [3.05, 3.63) is 36.0 Å². The average Bonchev–Trinajstić information content (AvgIpc) is 2.73. The fraction of sp³-hybridized carbons (Fsp3) is 0.375. The number of carboxylic acids is 1. The van der Waals surface area contributed by atoms with Crippen LogP contribution in [-0.4, -0.2) is 27.6 Å². The number of aromatic nitrogens is 1. The second kappa shape index (κ2) is 5.99. The van der Waals surface area contributed by atoms with Gasteiger partial charge in [0.05, 0.1) is 6.42 Å². The third-order valence-corrected chi connectivity index (χ3v) is 3.58. The predicted molar refractivity (Wildman–Crippen MR) is 81.0 cm³/mol. The zero-order chi connectivity index (χ0) is 15.6. The SMILES string of the molecule is CC(C)C(NC(=O)Cc1cn(C)c2ccccc12)C(=O)O. The van der Waals surface area contributed by atoms with Gasteiger partial charge in [0.1, 0.15) is 6.04 Å². The minimum Gasteiger partial charge on any atom is -0.480 e. The van der Waals surface area contributed by atoms with E-state index in [9.17, 15) is 9.59 Å². The first kappa shape index (κ1) is 15.1. The predicted octanol–water partition coefficient (Wildman–Crippen LogP) is 1.95. The lowest BCUT2D eigenvalue weighted by Crippen LogP contribution is -2.44. The van der Waals surface area contributed by atoms with Crippen LogP contribution in [0, 0.1) is 5.92 Å². The fourth-order valence-corrected chi connectivity index (χ4v) is 2.48. The molecular weight excluding hydrogens is 268 g/mol. The second-order valence-electron chi connectivity index (χ2n) is 5.59. The van der Waals surface area contributed by atoms with Gasteiger partial charge in [-0.2, -0.15) is 0 Å². The maximum atomic E-state index is 12.1. The van der Waals surface area contributed by atoms with Gasteiger partial charge >= 0.3 is 5.97 Å². The maximum absolute atomic E-state index is 12.1. The Bertz CT molecular complexity index is 673. The first-order valence-electron chi connectivity index (χ1n) is 6.95. The van der Waals surface area contributed by atoms with Crippen molar-refractivity contribution < 1.29 is 14.7 Å². The van der Waals surface area contributed by atoms with Crippen molar-refractivity contribution in [1.29, 1.82) is 0 Å². The summed E-state index contributed by atoms with van der Waals surface area (Å²) in [5.41, 5.74) is 1.96. The van der Waals surface area contributed by atoms with Crippen LogP contribution in [0.25, 0.3) is 10.9 Å². The van der Waals surface area contributed by atoms with E-state index in [4.69, 9.17) is 5.11 Å². The van der Waals surface area contributed by atoms with Crippen molar-refractivity contribution >= 4 is 22.8 Å². The molecule has 0 bridgehead atoms. The Morgan fingerprint density at radius 2 is 1.95 bits per heavy atom. The minimum absolute atomic E-state index is 0.154. The lowest BCUT2D eigenvalue weighted by Gasteiger charge is -2.17. The Hall–Kier alpha value is -2.30. The van der Waals surface area contributed by atoms with Gasteiger partial charge in [-0.3, -0.25) is 4.79 Å². The normalized spacial score (nSPS) is 12.6. The number of fused-ring (bicyclic) bond motifs is 1. The molecule has 5 nitrogen and oxygen atoms in total. The number of carbonyl (C=O) groups is 2. The van der Waals surface area contributed by atoms with Crippen molar-refractivity contribution in [2.45, 2.75) is 26.3 Å². The molecule has 0 saturated heterocycles. The molecule has 0 radical (unpaired) electrons. The van der Waals surface area contributed by atoms with Gasteiger partial charge in [-0.05, 0) is 17.5 Å². The summed E-state index contributed by atoms with van der Waals surface area (Å²) in [7, 11) is 1.93. The number of aliphatic carboxylic acids is 1. The summed E-state index contributed by atoms with van der Waals surface area (Å²) in [4.78, 5) is 23.2. The number of rotatable bonds is 5.